The molecule has 0 bridgehead atoms. The predicted molar refractivity (Wildman–Crippen MR) is 61.4 cm³/mol. The van der Waals surface area contributed by atoms with Crippen molar-refractivity contribution in [2.75, 3.05) is 0 Å². The Bertz CT molecular complexity index is 191. The molecule has 2 atom stereocenters. The fourth-order valence-corrected chi connectivity index (χ4v) is 3.12. The summed E-state index contributed by atoms with van der Waals surface area (Å²) in [5, 5.41) is 3.84. The molecule has 2 saturated carbocycles. The molecule has 0 aliphatic heterocycles. The van der Waals surface area contributed by atoms with Crippen molar-refractivity contribution in [2.24, 2.45) is 11.3 Å². The molecule has 1 N–H and O–H groups in total. The van der Waals surface area contributed by atoms with Crippen LogP contribution in [0, 0.1) is 11.3 Å². The maximum Gasteiger partial charge on any atom is 0.00748 e. The van der Waals surface area contributed by atoms with E-state index in [1.54, 1.807) is 0 Å². The minimum absolute atomic E-state index is 0.626. The van der Waals surface area contributed by atoms with E-state index < -0.39 is 0 Å². The van der Waals surface area contributed by atoms with Crippen LogP contribution >= 0.6 is 0 Å². The lowest BCUT2D eigenvalue weighted by Crippen LogP contribution is -2.39. The lowest BCUT2D eigenvalue weighted by atomic mass is 9.94. The molecule has 0 heterocycles. The highest BCUT2D eigenvalue weighted by Gasteiger charge is 2.48. The van der Waals surface area contributed by atoms with Crippen molar-refractivity contribution in [3.05, 3.63) is 0 Å². The Balaban J connectivity index is 1.74. The Hall–Kier alpha value is -0.0400. The van der Waals surface area contributed by atoms with Crippen molar-refractivity contribution in [1.29, 1.82) is 0 Å². The van der Waals surface area contributed by atoms with Gasteiger partial charge in [0.2, 0.25) is 0 Å². The summed E-state index contributed by atoms with van der Waals surface area (Å²) in [6.45, 7) is 7.18. The Kier molecular flexibility index (Phi) is 2.88. The first-order chi connectivity index (χ1) is 6.59. The van der Waals surface area contributed by atoms with E-state index in [9.17, 15) is 0 Å². The van der Waals surface area contributed by atoms with Gasteiger partial charge in [0.1, 0.15) is 0 Å². The Morgan fingerprint density at radius 1 is 1.14 bits per heavy atom. The van der Waals surface area contributed by atoms with Crippen LogP contribution < -0.4 is 5.32 Å². The van der Waals surface area contributed by atoms with E-state index in [2.05, 4.69) is 26.1 Å². The van der Waals surface area contributed by atoms with E-state index >= 15 is 0 Å². The van der Waals surface area contributed by atoms with E-state index in [-0.39, 0.29) is 0 Å². The molecule has 14 heavy (non-hydrogen) atoms. The molecule has 1 nitrogen and oxygen atoms in total. The Labute approximate surface area is 88.7 Å². The number of rotatable bonds is 3. The maximum absolute atomic E-state index is 3.84. The molecule has 1 heteroatoms. The third-order valence-corrected chi connectivity index (χ3v) is 4.30. The summed E-state index contributed by atoms with van der Waals surface area (Å²) in [6.07, 6.45) is 8.60. The average Bonchev–Trinajstić information content (AvgIpc) is 2.77. The topological polar surface area (TPSA) is 12.0 Å². The molecule has 0 saturated heterocycles. The van der Waals surface area contributed by atoms with Crippen LogP contribution in [0.2, 0.25) is 0 Å². The number of hydrogen-bond donors (Lipinski definition) is 1. The van der Waals surface area contributed by atoms with Crippen molar-refractivity contribution in [3.8, 4) is 0 Å². The van der Waals surface area contributed by atoms with Gasteiger partial charge in [-0.2, -0.15) is 0 Å². The SMILES string of the molecule is CC(NC1CCCCC1)C1CC1(C)C. The molecule has 82 valence electrons. The van der Waals surface area contributed by atoms with Crippen molar-refractivity contribution in [2.45, 2.75) is 71.4 Å². The summed E-state index contributed by atoms with van der Waals surface area (Å²) in [7, 11) is 0. The van der Waals surface area contributed by atoms with Crippen molar-refractivity contribution < 1.29 is 0 Å². The summed E-state index contributed by atoms with van der Waals surface area (Å²) < 4.78 is 0. The van der Waals surface area contributed by atoms with Crippen LogP contribution in [0.4, 0.5) is 0 Å². The highest BCUT2D eigenvalue weighted by molar-refractivity contribution is 5.01. The van der Waals surface area contributed by atoms with E-state index in [0.29, 0.717) is 5.41 Å². The Morgan fingerprint density at radius 2 is 1.71 bits per heavy atom. The highest BCUT2D eigenvalue weighted by Crippen LogP contribution is 2.53. The molecule has 0 spiro atoms. The zero-order chi connectivity index (χ0) is 10.2. The Morgan fingerprint density at radius 3 is 2.21 bits per heavy atom. The smallest absolute Gasteiger partial charge is 0.00748 e. The molecule has 2 aliphatic rings. The molecule has 2 fully saturated rings. The van der Waals surface area contributed by atoms with Crippen LogP contribution in [-0.4, -0.2) is 12.1 Å². The monoisotopic (exact) mass is 195 g/mol. The summed E-state index contributed by atoms with van der Waals surface area (Å²) in [6, 6.07) is 1.57. The second kappa shape index (κ2) is 3.84. The molecular formula is C13H25N. The van der Waals surface area contributed by atoms with E-state index in [1.165, 1.54) is 38.5 Å². The van der Waals surface area contributed by atoms with Crippen LogP contribution in [0.1, 0.15) is 59.3 Å². The maximum atomic E-state index is 3.84. The summed E-state index contributed by atoms with van der Waals surface area (Å²) in [4.78, 5) is 0. The summed E-state index contributed by atoms with van der Waals surface area (Å²) >= 11 is 0. The van der Waals surface area contributed by atoms with Gasteiger partial charge in [0.15, 0.2) is 0 Å². The van der Waals surface area contributed by atoms with Gasteiger partial charge in [-0.05, 0) is 37.5 Å². The van der Waals surface area contributed by atoms with Gasteiger partial charge in [-0.25, -0.2) is 0 Å². The number of nitrogens with one attached hydrogen (secondary N) is 1. The quantitative estimate of drug-likeness (QED) is 0.728. The van der Waals surface area contributed by atoms with Crippen LogP contribution in [0.25, 0.3) is 0 Å². The van der Waals surface area contributed by atoms with E-state index in [4.69, 9.17) is 0 Å². The lowest BCUT2D eigenvalue weighted by Gasteiger charge is -2.27. The number of hydrogen-bond acceptors (Lipinski definition) is 1. The minimum Gasteiger partial charge on any atom is -0.311 e. The third kappa shape index (κ3) is 2.31. The second-order valence-corrected chi connectivity index (χ2v) is 6.09. The average molecular weight is 195 g/mol. The zero-order valence-corrected chi connectivity index (χ0v) is 9.97. The van der Waals surface area contributed by atoms with Gasteiger partial charge in [-0.3, -0.25) is 0 Å². The molecule has 0 aromatic rings. The van der Waals surface area contributed by atoms with Gasteiger partial charge in [0.05, 0.1) is 0 Å². The van der Waals surface area contributed by atoms with Gasteiger partial charge in [-0.1, -0.05) is 33.1 Å². The highest BCUT2D eigenvalue weighted by atomic mass is 15.0. The third-order valence-electron chi connectivity index (χ3n) is 4.30. The van der Waals surface area contributed by atoms with Gasteiger partial charge in [0.25, 0.3) is 0 Å². The van der Waals surface area contributed by atoms with Crippen LogP contribution in [0.3, 0.4) is 0 Å². The van der Waals surface area contributed by atoms with Gasteiger partial charge in [-0.15, -0.1) is 0 Å². The molecule has 0 amide bonds. The summed E-state index contributed by atoms with van der Waals surface area (Å²) in [5.74, 6) is 0.935. The first-order valence-electron chi connectivity index (χ1n) is 6.36. The summed E-state index contributed by atoms with van der Waals surface area (Å²) in [5.41, 5.74) is 0.626. The molecule has 2 aliphatic carbocycles. The second-order valence-electron chi connectivity index (χ2n) is 6.09. The van der Waals surface area contributed by atoms with Crippen LogP contribution in [-0.2, 0) is 0 Å². The first kappa shape index (κ1) is 10.5. The van der Waals surface area contributed by atoms with Gasteiger partial charge >= 0.3 is 0 Å². The predicted octanol–water partition coefficient (Wildman–Crippen LogP) is 3.34. The van der Waals surface area contributed by atoms with Crippen LogP contribution in [0.5, 0.6) is 0 Å². The molecule has 0 radical (unpaired) electrons. The molecule has 0 aromatic carbocycles. The fourth-order valence-electron chi connectivity index (χ4n) is 3.12. The van der Waals surface area contributed by atoms with Crippen LogP contribution in [0.15, 0.2) is 0 Å². The van der Waals surface area contributed by atoms with E-state index in [0.717, 1.165) is 18.0 Å². The molecule has 2 rings (SSSR count). The fraction of sp³-hybridized carbons (Fsp3) is 1.00. The largest absolute Gasteiger partial charge is 0.311 e. The first-order valence-corrected chi connectivity index (χ1v) is 6.36. The molecule has 0 aromatic heterocycles. The van der Waals surface area contributed by atoms with E-state index in [1.807, 2.05) is 0 Å². The van der Waals surface area contributed by atoms with Crippen molar-refractivity contribution in [3.63, 3.8) is 0 Å². The van der Waals surface area contributed by atoms with Gasteiger partial charge < -0.3 is 5.32 Å². The van der Waals surface area contributed by atoms with Crippen molar-refractivity contribution in [1.82, 2.24) is 5.32 Å². The molecular weight excluding hydrogens is 170 g/mol. The minimum atomic E-state index is 0.626. The van der Waals surface area contributed by atoms with Crippen molar-refractivity contribution >= 4 is 0 Å². The molecule has 2 unspecified atom stereocenters. The van der Waals surface area contributed by atoms with Gasteiger partial charge in [0, 0.05) is 12.1 Å². The normalized spacial score (nSPS) is 34.1. The zero-order valence-electron chi connectivity index (χ0n) is 9.97. The lowest BCUT2D eigenvalue weighted by molar-refractivity contribution is 0.315. The standard InChI is InChI=1S/C13H25N/c1-10(12-9-13(12,2)3)14-11-7-5-4-6-8-11/h10-12,14H,4-9H2,1-3H3.